The monoisotopic (exact) mass is 402 g/mol. The van der Waals surface area contributed by atoms with Crippen molar-refractivity contribution in [3.05, 3.63) is 53.1 Å². The lowest BCUT2D eigenvalue weighted by atomic mass is 9.75. The number of hydrogen-bond acceptors (Lipinski definition) is 3. The van der Waals surface area contributed by atoms with E-state index in [1.807, 2.05) is 24.3 Å². The van der Waals surface area contributed by atoms with Gasteiger partial charge in [0.25, 0.3) is 5.91 Å². The number of fused-ring (bicyclic) bond motifs is 4. The molecule has 4 nitrogen and oxygen atoms in total. The van der Waals surface area contributed by atoms with Crippen molar-refractivity contribution in [1.82, 2.24) is 0 Å². The third kappa shape index (κ3) is 2.76. The van der Waals surface area contributed by atoms with Gasteiger partial charge in [-0.1, -0.05) is 25.0 Å². The number of nitrogens with zero attached hydrogens (tertiary/aromatic N) is 1. The minimum Gasteiger partial charge on any atom is -0.496 e. The van der Waals surface area contributed by atoms with Crippen LogP contribution in [0.15, 0.2) is 36.4 Å². The number of carbonyl (C=O) groups is 1. The lowest BCUT2D eigenvalue weighted by Gasteiger charge is -2.46. The topological polar surface area (TPSA) is 41.6 Å². The van der Waals surface area contributed by atoms with Gasteiger partial charge in [0, 0.05) is 24.5 Å². The summed E-state index contributed by atoms with van der Waals surface area (Å²) in [5, 5.41) is 3.22. The first kappa shape index (κ1) is 18.3. The Bertz CT molecular complexity index is 955. The zero-order chi connectivity index (χ0) is 20.2. The first-order chi connectivity index (χ1) is 14.7. The van der Waals surface area contributed by atoms with Gasteiger partial charge in [0.05, 0.1) is 12.7 Å². The van der Waals surface area contributed by atoms with Gasteiger partial charge in [-0.25, -0.2) is 0 Å². The maximum Gasteiger partial charge on any atom is 0.259 e. The lowest BCUT2D eigenvalue weighted by Crippen LogP contribution is -2.43. The van der Waals surface area contributed by atoms with Crippen LogP contribution in [-0.4, -0.2) is 26.1 Å². The molecule has 2 aliphatic carbocycles. The van der Waals surface area contributed by atoms with Crippen LogP contribution in [-0.2, 0) is 0 Å². The number of anilines is 2. The van der Waals surface area contributed by atoms with Crippen LogP contribution in [0.3, 0.4) is 0 Å². The van der Waals surface area contributed by atoms with Gasteiger partial charge in [-0.3, -0.25) is 4.79 Å². The van der Waals surface area contributed by atoms with Crippen LogP contribution in [0.4, 0.5) is 11.4 Å². The van der Waals surface area contributed by atoms with Crippen LogP contribution < -0.4 is 15.0 Å². The SMILES string of the molecule is COc1ccccc1C(=O)Nc1cc2c3c(c1)[C@@H]1CCC[C@H]1CN3C[C@H]1CCC[C@H]21. The number of nitrogens with one attached hydrogen (secondary N) is 1. The largest absolute Gasteiger partial charge is 0.496 e. The van der Waals surface area contributed by atoms with E-state index in [1.165, 1.54) is 68.4 Å². The molecule has 6 rings (SSSR count). The molecule has 4 heteroatoms. The highest BCUT2D eigenvalue weighted by Crippen LogP contribution is 2.56. The van der Waals surface area contributed by atoms with E-state index in [0.29, 0.717) is 23.1 Å². The second-order valence-corrected chi connectivity index (χ2v) is 9.66. The first-order valence-electron chi connectivity index (χ1n) is 11.6. The minimum absolute atomic E-state index is 0.0889. The van der Waals surface area contributed by atoms with E-state index >= 15 is 0 Å². The van der Waals surface area contributed by atoms with Crippen molar-refractivity contribution in [2.24, 2.45) is 11.8 Å². The fraction of sp³-hybridized carbons (Fsp3) is 0.500. The van der Waals surface area contributed by atoms with Crippen LogP contribution in [0.1, 0.15) is 71.8 Å². The van der Waals surface area contributed by atoms with Gasteiger partial charge in [-0.05, 0) is 84.7 Å². The zero-order valence-electron chi connectivity index (χ0n) is 17.7. The molecule has 0 aromatic heterocycles. The number of para-hydroxylation sites is 1. The molecule has 0 saturated heterocycles. The van der Waals surface area contributed by atoms with Gasteiger partial charge in [0.2, 0.25) is 0 Å². The average Bonchev–Trinajstić information content (AvgIpc) is 3.43. The smallest absolute Gasteiger partial charge is 0.259 e. The number of methoxy groups -OCH3 is 1. The predicted molar refractivity (Wildman–Crippen MR) is 120 cm³/mol. The van der Waals surface area contributed by atoms with Gasteiger partial charge in [0.15, 0.2) is 0 Å². The van der Waals surface area contributed by atoms with E-state index in [1.54, 1.807) is 7.11 Å². The molecule has 2 heterocycles. The Labute approximate surface area is 178 Å². The summed E-state index contributed by atoms with van der Waals surface area (Å²) in [5.74, 6) is 3.42. The second-order valence-electron chi connectivity index (χ2n) is 9.66. The number of ether oxygens (including phenoxy) is 1. The number of carbonyl (C=O) groups excluding carboxylic acids is 1. The molecule has 2 fully saturated rings. The van der Waals surface area contributed by atoms with Crippen LogP contribution in [0.2, 0.25) is 0 Å². The molecular weight excluding hydrogens is 372 g/mol. The van der Waals surface area contributed by atoms with E-state index in [-0.39, 0.29) is 5.91 Å². The summed E-state index contributed by atoms with van der Waals surface area (Å²) < 4.78 is 5.41. The third-order valence-corrected chi connectivity index (χ3v) is 8.12. The summed E-state index contributed by atoms with van der Waals surface area (Å²) in [6.45, 7) is 2.47. The Morgan fingerprint density at radius 1 is 0.967 bits per heavy atom. The summed E-state index contributed by atoms with van der Waals surface area (Å²) in [5.41, 5.74) is 6.07. The molecule has 4 aliphatic rings. The molecule has 0 radical (unpaired) electrons. The van der Waals surface area contributed by atoms with Crippen molar-refractivity contribution in [2.45, 2.75) is 50.4 Å². The normalized spacial score (nSPS) is 28.5. The molecule has 2 aromatic rings. The zero-order valence-corrected chi connectivity index (χ0v) is 17.7. The highest BCUT2D eigenvalue weighted by molar-refractivity contribution is 6.06. The average molecular weight is 403 g/mol. The predicted octanol–water partition coefficient (Wildman–Crippen LogP) is 5.55. The standard InChI is InChI=1S/C26H30N2O2/c1-30-24-11-3-2-8-21(24)26(29)27-18-12-22-19-9-4-6-16(19)14-28-15-17-7-5-10-20(17)23(13-18)25(22)28/h2-3,8,11-13,16-17,19-20H,4-7,9-10,14-15H2,1H3,(H,27,29)/t16-,17+,19+,20-. The summed E-state index contributed by atoms with van der Waals surface area (Å²) in [4.78, 5) is 15.8. The van der Waals surface area contributed by atoms with Crippen LogP contribution in [0.25, 0.3) is 0 Å². The number of hydrogen-bond donors (Lipinski definition) is 1. The van der Waals surface area contributed by atoms with Crippen LogP contribution in [0.5, 0.6) is 5.75 Å². The molecule has 30 heavy (non-hydrogen) atoms. The molecule has 2 saturated carbocycles. The van der Waals surface area contributed by atoms with Gasteiger partial charge in [-0.15, -0.1) is 0 Å². The molecular formula is C26H30N2O2. The Morgan fingerprint density at radius 2 is 1.60 bits per heavy atom. The van der Waals surface area contributed by atoms with Crippen molar-refractivity contribution < 1.29 is 9.53 Å². The maximum atomic E-state index is 13.1. The van der Waals surface area contributed by atoms with Gasteiger partial charge in [0.1, 0.15) is 5.75 Å². The second kappa shape index (κ2) is 7.04. The summed E-state index contributed by atoms with van der Waals surface area (Å²) in [6.07, 6.45) is 7.96. The number of benzene rings is 2. The third-order valence-electron chi connectivity index (χ3n) is 8.12. The quantitative estimate of drug-likeness (QED) is 0.732. The summed E-state index contributed by atoms with van der Waals surface area (Å²) >= 11 is 0. The fourth-order valence-electron chi connectivity index (χ4n) is 6.87. The molecule has 1 amide bonds. The highest BCUT2D eigenvalue weighted by Gasteiger charge is 2.44. The van der Waals surface area contributed by atoms with Crippen molar-refractivity contribution in [3.63, 3.8) is 0 Å². The number of amides is 1. The number of rotatable bonds is 3. The summed E-state index contributed by atoms with van der Waals surface area (Å²) in [6, 6.07) is 12.0. The van der Waals surface area contributed by atoms with Gasteiger partial charge < -0.3 is 15.0 Å². The Balaban J connectivity index is 1.42. The Kier molecular flexibility index (Phi) is 4.29. The van der Waals surface area contributed by atoms with E-state index in [0.717, 1.165) is 17.5 Å². The molecule has 2 aromatic carbocycles. The van der Waals surface area contributed by atoms with Gasteiger partial charge >= 0.3 is 0 Å². The van der Waals surface area contributed by atoms with Crippen molar-refractivity contribution in [1.29, 1.82) is 0 Å². The van der Waals surface area contributed by atoms with E-state index in [2.05, 4.69) is 22.3 Å². The molecule has 2 aliphatic heterocycles. The molecule has 0 unspecified atom stereocenters. The molecule has 4 atom stereocenters. The van der Waals surface area contributed by atoms with Crippen molar-refractivity contribution >= 4 is 17.3 Å². The van der Waals surface area contributed by atoms with Crippen molar-refractivity contribution in [2.75, 3.05) is 30.4 Å². The highest BCUT2D eigenvalue weighted by atomic mass is 16.5. The Hall–Kier alpha value is -2.49. The minimum atomic E-state index is -0.0889. The van der Waals surface area contributed by atoms with Crippen LogP contribution in [0, 0.1) is 11.8 Å². The first-order valence-corrected chi connectivity index (χ1v) is 11.6. The maximum absolute atomic E-state index is 13.1. The van der Waals surface area contributed by atoms with Crippen molar-refractivity contribution in [3.8, 4) is 5.75 Å². The summed E-state index contributed by atoms with van der Waals surface area (Å²) in [7, 11) is 1.62. The Morgan fingerprint density at radius 3 is 2.23 bits per heavy atom. The van der Waals surface area contributed by atoms with E-state index in [9.17, 15) is 4.79 Å². The fourth-order valence-corrected chi connectivity index (χ4v) is 6.87. The lowest BCUT2D eigenvalue weighted by molar-refractivity contribution is 0.102. The van der Waals surface area contributed by atoms with E-state index < -0.39 is 0 Å². The molecule has 0 spiro atoms. The molecule has 1 N–H and O–H groups in total. The van der Waals surface area contributed by atoms with Crippen LogP contribution >= 0.6 is 0 Å². The molecule has 156 valence electrons. The van der Waals surface area contributed by atoms with Gasteiger partial charge in [-0.2, -0.15) is 0 Å². The van der Waals surface area contributed by atoms with E-state index in [4.69, 9.17) is 4.74 Å². The molecule has 0 bridgehead atoms.